The summed E-state index contributed by atoms with van der Waals surface area (Å²) in [5.74, 6) is -0.779. The highest BCUT2D eigenvalue weighted by Crippen LogP contribution is 2.16. The smallest absolute Gasteiger partial charge is 0.304 e. The first-order valence-electron chi connectivity index (χ1n) is 5.02. The molecule has 2 aromatic heterocycles. The lowest BCUT2D eigenvalue weighted by Gasteiger charge is -2.02. The summed E-state index contributed by atoms with van der Waals surface area (Å²) >= 11 is 1.60. The van der Waals surface area contributed by atoms with E-state index in [1.807, 2.05) is 22.9 Å². The fourth-order valence-corrected chi connectivity index (χ4v) is 2.33. The van der Waals surface area contributed by atoms with E-state index in [4.69, 9.17) is 5.11 Å². The van der Waals surface area contributed by atoms with Crippen molar-refractivity contribution in [3.8, 4) is 0 Å². The van der Waals surface area contributed by atoms with Gasteiger partial charge in [-0.05, 0) is 6.92 Å². The summed E-state index contributed by atoms with van der Waals surface area (Å²) < 4.78 is 2.04. The number of carboxylic acid groups (broad SMARTS) is 1. The van der Waals surface area contributed by atoms with Crippen LogP contribution in [0.4, 0.5) is 0 Å². The number of aryl methyl sites for hydroxylation is 1. The van der Waals surface area contributed by atoms with Crippen molar-refractivity contribution in [1.29, 1.82) is 0 Å². The van der Waals surface area contributed by atoms with Crippen molar-refractivity contribution in [2.45, 2.75) is 19.9 Å². The molecule has 0 aliphatic carbocycles. The maximum Gasteiger partial charge on any atom is 0.304 e. The quantitative estimate of drug-likeness (QED) is 0.771. The van der Waals surface area contributed by atoms with Crippen LogP contribution in [0, 0.1) is 6.92 Å². The minimum atomic E-state index is -0.779. The Labute approximate surface area is 96.7 Å². The molecule has 0 spiro atoms. The summed E-state index contributed by atoms with van der Waals surface area (Å²) in [5, 5.41) is 13.6. The van der Waals surface area contributed by atoms with Crippen LogP contribution in [0.1, 0.15) is 17.8 Å². The van der Waals surface area contributed by atoms with E-state index in [0.717, 1.165) is 16.3 Å². The van der Waals surface area contributed by atoms with Crippen molar-refractivity contribution in [3.05, 3.63) is 23.0 Å². The molecule has 0 bridgehead atoms. The molecule has 6 heteroatoms. The Kier molecular flexibility index (Phi) is 3.21. The first kappa shape index (κ1) is 11.1. The third kappa shape index (κ3) is 2.23. The number of nitrogens with zero attached hydrogens (tertiary/aromatic N) is 2. The van der Waals surface area contributed by atoms with E-state index in [0.29, 0.717) is 13.1 Å². The molecule has 0 amide bonds. The Hall–Kier alpha value is -1.40. The fourth-order valence-electron chi connectivity index (χ4n) is 1.56. The lowest BCUT2D eigenvalue weighted by molar-refractivity contribution is -0.136. The molecular formula is C10H13N3O2S. The predicted molar refractivity (Wildman–Crippen MR) is 61.8 cm³/mol. The second kappa shape index (κ2) is 4.63. The normalized spacial score (nSPS) is 11.1. The number of carbonyl (C=O) groups is 1. The molecule has 0 saturated carbocycles. The Morgan fingerprint density at radius 2 is 2.50 bits per heavy atom. The Morgan fingerprint density at radius 3 is 3.25 bits per heavy atom. The number of imidazole rings is 1. The van der Waals surface area contributed by atoms with Gasteiger partial charge in [-0.2, -0.15) is 0 Å². The average molecular weight is 239 g/mol. The zero-order valence-electron chi connectivity index (χ0n) is 8.93. The molecule has 0 aliphatic heterocycles. The van der Waals surface area contributed by atoms with Crippen molar-refractivity contribution >= 4 is 22.3 Å². The van der Waals surface area contributed by atoms with Gasteiger partial charge in [-0.1, -0.05) is 0 Å². The van der Waals surface area contributed by atoms with Crippen molar-refractivity contribution in [1.82, 2.24) is 14.7 Å². The number of rotatable bonds is 5. The minimum Gasteiger partial charge on any atom is -0.481 e. The van der Waals surface area contributed by atoms with Crippen molar-refractivity contribution in [3.63, 3.8) is 0 Å². The Bertz CT molecular complexity index is 503. The molecule has 2 heterocycles. The SMILES string of the molecule is Cc1nc2sccn2c1CNCCC(=O)O. The number of aromatic nitrogens is 2. The Morgan fingerprint density at radius 1 is 1.69 bits per heavy atom. The summed E-state index contributed by atoms with van der Waals surface area (Å²) in [6.07, 6.45) is 2.12. The summed E-state index contributed by atoms with van der Waals surface area (Å²) in [6.45, 7) is 3.09. The van der Waals surface area contributed by atoms with Crippen LogP contribution in [-0.2, 0) is 11.3 Å². The monoisotopic (exact) mass is 239 g/mol. The molecule has 0 aliphatic rings. The highest BCUT2D eigenvalue weighted by Gasteiger charge is 2.08. The van der Waals surface area contributed by atoms with Crippen LogP contribution < -0.4 is 5.32 Å². The van der Waals surface area contributed by atoms with E-state index in [1.165, 1.54) is 0 Å². The number of aliphatic carboxylic acids is 1. The molecule has 2 N–H and O–H groups in total. The molecule has 2 aromatic rings. The lowest BCUT2D eigenvalue weighted by Crippen LogP contribution is -2.18. The first-order chi connectivity index (χ1) is 7.68. The number of hydrogen-bond donors (Lipinski definition) is 2. The van der Waals surface area contributed by atoms with E-state index in [9.17, 15) is 4.79 Å². The number of hydrogen-bond acceptors (Lipinski definition) is 4. The van der Waals surface area contributed by atoms with E-state index in [-0.39, 0.29) is 6.42 Å². The summed E-state index contributed by atoms with van der Waals surface area (Å²) in [6, 6.07) is 0. The molecule has 5 nitrogen and oxygen atoms in total. The van der Waals surface area contributed by atoms with Gasteiger partial charge in [0.15, 0.2) is 4.96 Å². The van der Waals surface area contributed by atoms with Gasteiger partial charge in [-0.25, -0.2) is 4.98 Å². The molecule has 0 radical (unpaired) electrons. The average Bonchev–Trinajstić information content (AvgIpc) is 2.74. The summed E-state index contributed by atoms with van der Waals surface area (Å²) in [7, 11) is 0. The largest absolute Gasteiger partial charge is 0.481 e. The number of carboxylic acids is 1. The van der Waals surface area contributed by atoms with Gasteiger partial charge in [0.05, 0.1) is 17.8 Å². The van der Waals surface area contributed by atoms with E-state index in [1.54, 1.807) is 11.3 Å². The zero-order valence-corrected chi connectivity index (χ0v) is 9.75. The molecule has 0 atom stereocenters. The Balaban J connectivity index is 2.00. The molecule has 16 heavy (non-hydrogen) atoms. The fraction of sp³-hybridized carbons (Fsp3) is 0.400. The minimum absolute atomic E-state index is 0.143. The van der Waals surface area contributed by atoms with Crippen LogP contribution in [0.3, 0.4) is 0 Å². The number of thiazole rings is 1. The highest BCUT2D eigenvalue weighted by molar-refractivity contribution is 7.15. The van der Waals surface area contributed by atoms with Crippen molar-refractivity contribution in [2.24, 2.45) is 0 Å². The molecule has 0 fully saturated rings. The van der Waals surface area contributed by atoms with Crippen LogP contribution in [0.25, 0.3) is 4.96 Å². The van der Waals surface area contributed by atoms with E-state index < -0.39 is 5.97 Å². The molecule has 2 rings (SSSR count). The van der Waals surface area contributed by atoms with Gasteiger partial charge in [0.1, 0.15) is 0 Å². The van der Waals surface area contributed by atoms with Crippen molar-refractivity contribution in [2.75, 3.05) is 6.54 Å². The maximum atomic E-state index is 10.3. The van der Waals surface area contributed by atoms with Crippen LogP contribution in [0.2, 0.25) is 0 Å². The zero-order chi connectivity index (χ0) is 11.5. The van der Waals surface area contributed by atoms with Gasteiger partial charge in [-0.3, -0.25) is 9.20 Å². The molecular weight excluding hydrogens is 226 g/mol. The van der Waals surface area contributed by atoms with Crippen molar-refractivity contribution < 1.29 is 9.90 Å². The van der Waals surface area contributed by atoms with Gasteiger partial charge in [-0.15, -0.1) is 11.3 Å². The van der Waals surface area contributed by atoms with Crippen LogP contribution in [0.15, 0.2) is 11.6 Å². The third-order valence-electron chi connectivity index (χ3n) is 2.37. The second-order valence-corrected chi connectivity index (χ2v) is 4.39. The number of nitrogens with one attached hydrogen (secondary N) is 1. The van der Waals surface area contributed by atoms with Crippen LogP contribution in [-0.4, -0.2) is 27.0 Å². The van der Waals surface area contributed by atoms with Gasteiger partial charge in [0.25, 0.3) is 0 Å². The molecule has 0 aromatic carbocycles. The van der Waals surface area contributed by atoms with Crippen LogP contribution in [0.5, 0.6) is 0 Å². The number of fused-ring (bicyclic) bond motifs is 1. The summed E-state index contributed by atoms with van der Waals surface area (Å²) in [4.78, 5) is 15.7. The van der Waals surface area contributed by atoms with E-state index in [2.05, 4.69) is 10.3 Å². The molecule has 0 saturated heterocycles. The highest BCUT2D eigenvalue weighted by atomic mass is 32.1. The standard InChI is InChI=1S/C10H13N3O2S/c1-7-8(6-11-3-2-9(14)15)13-4-5-16-10(13)12-7/h4-5,11H,2-3,6H2,1H3,(H,14,15). The van der Waals surface area contributed by atoms with Gasteiger partial charge < -0.3 is 10.4 Å². The topological polar surface area (TPSA) is 66.6 Å². The van der Waals surface area contributed by atoms with Gasteiger partial charge >= 0.3 is 5.97 Å². The predicted octanol–water partition coefficient (Wildman–Crippen LogP) is 1.27. The first-order valence-corrected chi connectivity index (χ1v) is 5.90. The molecule has 0 unspecified atom stereocenters. The second-order valence-electron chi connectivity index (χ2n) is 3.52. The molecule has 86 valence electrons. The van der Waals surface area contributed by atoms with Gasteiger partial charge in [0, 0.05) is 24.7 Å². The van der Waals surface area contributed by atoms with Gasteiger partial charge in [0.2, 0.25) is 0 Å². The summed E-state index contributed by atoms with van der Waals surface area (Å²) in [5.41, 5.74) is 2.09. The lowest BCUT2D eigenvalue weighted by atomic mass is 10.3. The van der Waals surface area contributed by atoms with Crippen LogP contribution >= 0.6 is 11.3 Å². The maximum absolute atomic E-state index is 10.3. The third-order valence-corrected chi connectivity index (χ3v) is 3.13. The van der Waals surface area contributed by atoms with E-state index >= 15 is 0 Å².